The number of fused-ring (bicyclic) bond motifs is 1. The Morgan fingerprint density at radius 3 is 2.41 bits per heavy atom. The molecule has 2 aliphatic rings. The largest absolute Gasteiger partial charge is 0.497 e. The van der Waals surface area contributed by atoms with E-state index in [0.717, 1.165) is 22.4 Å². The van der Waals surface area contributed by atoms with Crippen molar-refractivity contribution in [1.29, 1.82) is 0 Å². The third kappa shape index (κ3) is 3.26. The third-order valence-corrected chi connectivity index (χ3v) is 6.47. The van der Waals surface area contributed by atoms with Crippen LogP contribution < -0.4 is 4.74 Å². The molecule has 4 rings (SSSR count). The summed E-state index contributed by atoms with van der Waals surface area (Å²) in [6.45, 7) is 0.357. The molecule has 2 aromatic rings. The first-order chi connectivity index (χ1) is 13.1. The molecule has 3 atom stereocenters. The molecule has 2 amide bonds. The highest BCUT2D eigenvalue weighted by Crippen LogP contribution is 2.46. The molecule has 6 nitrogen and oxygen atoms in total. The van der Waals surface area contributed by atoms with Crippen molar-refractivity contribution in [3.8, 4) is 5.75 Å². The number of hydrogen-bond acceptors (Lipinski definition) is 5. The van der Waals surface area contributed by atoms with Gasteiger partial charge in [-0.15, -0.1) is 11.8 Å². The summed E-state index contributed by atoms with van der Waals surface area (Å²) in [5.41, 5.74) is 2.79. The highest BCUT2D eigenvalue weighted by atomic mass is 32.2. The molecule has 2 aromatic carbocycles. The number of aliphatic hydroxyl groups is 2. The Morgan fingerprint density at radius 1 is 1.11 bits per heavy atom. The molecule has 2 saturated heterocycles. The van der Waals surface area contributed by atoms with Crippen molar-refractivity contribution in [1.82, 2.24) is 9.80 Å². The molecule has 0 aromatic heterocycles. The number of amides is 2. The highest BCUT2D eigenvalue weighted by molar-refractivity contribution is 7.99. The summed E-state index contributed by atoms with van der Waals surface area (Å²) >= 11 is 1.66. The lowest BCUT2D eigenvalue weighted by Gasteiger charge is -2.24. The number of methoxy groups -OCH3 is 1. The van der Waals surface area contributed by atoms with Gasteiger partial charge in [-0.25, -0.2) is 4.79 Å². The minimum Gasteiger partial charge on any atom is -0.497 e. The van der Waals surface area contributed by atoms with E-state index in [1.165, 1.54) is 4.90 Å². The minimum atomic E-state index is -0.825. The van der Waals surface area contributed by atoms with Crippen LogP contribution in [-0.4, -0.2) is 51.2 Å². The fourth-order valence-electron chi connectivity index (χ4n) is 3.60. The Morgan fingerprint density at radius 2 is 1.78 bits per heavy atom. The first-order valence-electron chi connectivity index (χ1n) is 8.83. The Bertz CT molecular complexity index is 812. The van der Waals surface area contributed by atoms with Gasteiger partial charge in [0.05, 0.1) is 26.3 Å². The van der Waals surface area contributed by atoms with Gasteiger partial charge in [0.15, 0.2) is 6.23 Å². The first kappa shape index (κ1) is 18.2. The molecule has 0 radical (unpaired) electrons. The average molecular weight is 386 g/mol. The Hall–Kier alpha value is -2.22. The van der Waals surface area contributed by atoms with Crippen molar-refractivity contribution < 1.29 is 19.7 Å². The van der Waals surface area contributed by atoms with Gasteiger partial charge in [0.2, 0.25) is 0 Å². The van der Waals surface area contributed by atoms with Gasteiger partial charge in [0, 0.05) is 5.75 Å². The lowest BCUT2D eigenvalue weighted by Crippen LogP contribution is -2.36. The molecule has 0 bridgehead atoms. The zero-order valence-electron chi connectivity index (χ0n) is 15.0. The van der Waals surface area contributed by atoms with Gasteiger partial charge in [-0.05, 0) is 28.8 Å². The SMILES string of the molecule is COc1ccc(CN2C(=O)N3C(c4ccc(CO)cc4)SC[C@H]3[C@H]2O)cc1. The zero-order chi connectivity index (χ0) is 19.0. The van der Waals surface area contributed by atoms with Crippen LogP contribution in [0, 0.1) is 0 Å². The predicted octanol–water partition coefficient (Wildman–Crippen LogP) is 2.56. The van der Waals surface area contributed by atoms with Crippen molar-refractivity contribution in [2.75, 3.05) is 12.9 Å². The third-order valence-electron chi connectivity index (χ3n) is 5.12. The van der Waals surface area contributed by atoms with E-state index in [0.29, 0.717) is 12.3 Å². The molecule has 0 spiro atoms. The maximum Gasteiger partial charge on any atom is 0.324 e. The molecule has 2 heterocycles. The zero-order valence-corrected chi connectivity index (χ0v) is 15.8. The summed E-state index contributed by atoms with van der Waals surface area (Å²) in [5.74, 6) is 1.45. The van der Waals surface area contributed by atoms with E-state index in [4.69, 9.17) is 4.74 Å². The maximum atomic E-state index is 13.0. The van der Waals surface area contributed by atoms with Gasteiger partial charge in [0.1, 0.15) is 11.1 Å². The number of urea groups is 1. The number of thioether (sulfide) groups is 1. The highest BCUT2D eigenvalue weighted by Gasteiger charge is 2.52. The van der Waals surface area contributed by atoms with Crippen LogP contribution in [0.15, 0.2) is 48.5 Å². The summed E-state index contributed by atoms with van der Waals surface area (Å²) < 4.78 is 5.17. The molecule has 27 heavy (non-hydrogen) atoms. The minimum absolute atomic E-state index is 0.00227. The van der Waals surface area contributed by atoms with E-state index in [2.05, 4.69) is 0 Å². The first-order valence-corrected chi connectivity index (χ1v) is 9.88. The second-order valence-electron chi connectivity index (χ2n) is 6.73. The standard InChI is InChI=1S/C20H22N2O4S/c1-26-16-8-4-13(5-9-16)10-21-18(24)17-12-27-19(22(17)20(21)25)15-6-2-14(11-23)3-7-15/h2-9,17-19,23-24H,10-12H2,1H3/t17-,18+,19?/m0/s1. The van der Waals surface area contributed by atoms with E-state index < -0.39 is 6.23 Å². The smallest absolute Gasteiger partial charge is 0.324 e. The monoisotopic (exact) mass is 386 g/mol. The lowest BCUT2D eigenvalue weighted by atomic mass is 10.1. The fourth-order valence-corrected chi connectivity index (χ4v) is 5.07. The molecule has 2 aliphatic heterocycles. The molecule has 142 valence electrons. The van der Waals surface area contributed by atoms with E-state index in [9.17, 15) is 15.0 Å². The van der Waals surface area contributed by atoms with Crippen LogP contribution in [0.3, 0.4) is 0 Å². The maximum absolute atomic E-state index is 13.0. The van der Waals surface area contributed by atoms with E-state index in [-0.39, 0.29) is 24.1 Å². The van der Waals surface area contributed by atoms with Crippen molar-refractivity contribution in [2.24, 2.45) is 0 Å². The molecule has 2 fully saturated rings. The van der Waals surface area contributed by atoms with E-state index in [1.807, 2.05) is 48.5 Å². The second kappa shape index (κ2) is 7.42. The van der Waals surface area contributed by atoms with Crippen LogP contribution in [-0.2, 0) is 13.2 Å². The molecule has 2 N–H and O–H groups in total. The summed E-state index contributed by atoms with van der Waals surface area (Å²) in [7, 11) is 1.61. The molecule has 1 unspecified atom stereocenters. The summed E-state index contributed by atoms with van der Waals surface area (Å²) in [5, 5.41) is 19.8. The van der Waals surface area contributed by atoms with E-state index >= 15 is 0 Å². The molecular formula is C20H22N2O4S. The van der Waals surface area contributed by atoms with Gasteiger partial charge in [-0.2, -0.15) is 0 Å². The summed E-state index contributed by atoms with van der Waals surface area (Å²) in [4.78, 5) is 16.4. The van der Waals surface area contributed by atoms with Gasteiger partial charge in [-0.3, -0.25) is 4.90 Å². The van der Waals surface area contributed by atoms with Crippen molar-refractivity contribution in [3.05, 3.63) is 65.2 Å². The number of carbonyl (C=O) groups excluding carboxylic acids is 1. The number of carbonyl (C=O) groups is 1. The fraction of sp³-hybridized carbons (Fsp3) is 0.350. The lowest BCUT2D eigenvalue weighted by molar-refractivity contribution is 0.0363. The Labute approximate surface area is 162 Å². The summed E-state index contributed by atoms with van der Waals surface area (Å²) in [6, 6.07) is 14.8. The van der Waals surface area contributed by atoms with Gasteiger partial charge < -0.3 is 19.8 Å². The van der Waals surface area contributed by atoms with Crippen molar-refractivity contribution in [2.45, 2.75) is 30.8 Å². The molecular weight excluding hydrogens is 364 g/mol. The Kier molecular flexibility index (Phi) is 4.99. The quantitative estimate of drug-likeness (QED) is 0.826. The summed E-state index contributed by atoms with van der Waals surface area (Å²) in [6.07, 6.45) is -0.825. The number of benzene rings is 2. The van der Waals surface area contributed by atoms with Crippen molar-refractivity contribution in [3.63, 3.8) is 0 Å². The number of ether oxygens (including phenoxy) is 1. The topological polar surface area (TPSA) is 73.2 Å². The normalized spacial score (nSPS) is 24.4. The second-order valence-corrected chi connectivity index (χ2v) is 7.85. The van der Waals surface area contributed by atoms with Crippen molar-refractivity contribution >= 4 is 17.8 Å². The van der Waals surface area contributed by atoms with Gasteiger partial charge >= 0.3 is 6.03 Å². The van der Waals surface area contributed by atoms with Crippen LogP contribution in [0.5, 0.6) is 5.75 Å². The number of hydrogen-bond donors (Lipinski definition) is 2. The number of nitrogens with zero attached hydrogens (tertiary/aromatic N) is 2. The van der Waals surface area contributed by atoms with Crippen LogP contribution in [0.1, 0.15) is 22.1 Å². The number of aliphatic hydroxyl groups excluding tert-OH is 2. The van der Waals surface area contributed by atoms with Crippen LogP contribution in [0.2, 0.25) is 0 Å². The van der Waals surface area contributed by atoms with Crippen LogP contribution in [0.25, 0.3) is 0 Å². The molecule has 0 aliphatic carbocycles. The van der Waals surface area contributed by atoms with Gasteiger partial charge in [0.25, 0.3) is 0 Å². The van der Waals surface area contributed by atoms with Crippen LogP contribution in [0.4, 0.5) is 4.79 Å². The Balaban J connectivity index is 1.53. The van der Waals surface area contributed by atoms with Gasteiger partial charge in [-0.1, -0.05) is 36.4 Å². The van der Waals surface area contributed by atoms with Crippen LogP contribution >= 0.6 is 11.8 Å². The predicted molar refractivity (Wildman–Crippen MR) is 103 cm³/mol. The van der Waals surface area contributed by atoms with E-state index in [1.54, 1.807) is 23.8 Å². The number of rotatable bonds is 5. The molecule has 0 saturated carbocycles. The average Bonchev–Trinajstić information content (AvgIpc) is 3.25. The molecule has 7 heteroatoms.